The number of likely N-dealkylation sites (tertiary alicyclic amines) is 2. The molecule has 2 amide bonds. The summed E-state index contributed by atoms with van der Waals surface area (Å²) in [5.74, 6) is 0.378. The SMILES string of the molecule is CC(Oc1ccc(C(F)(F)F)cc1Cl)C1CN(C(=O)N2CC[C@H]3OCC(=O)C[C@H]3C2)C1. The number of alkyl halides is 3. The van der Waals surface area contributed by atoms with E-state index >= 15 is 0 Å². The van der Waals surface area contributed by atoms with Crippen LogP contribution in [-0.4, -0.2) is 66.6 Å². The Kier molecular flexibility index (Phi) is 6.09. The number of amides is 2. The van der Waals surface area contributed by atoms with Gasteiger partial charge in [0.1, 0.15) is 18.5 Å². The van der Waals surface area contributed by atoms with E-state index in [0.717, 1.165) is 18.6 Å². The molecule has 6 nitrogen and oxygen atoms in total. The molecule has 10 heteroatoms. The van der Waals surface area contributed by atoms with E-state index in [1.165, 1.54) is 6.07 Å². The van der Waals surface area contributed by atoms with Gasteiger partial charge in [0.2, 0.25) is 0 Å². The molecular weight excluding hydrogens is 437 g/mol. The van der Waals surface area contributed by atoms with Crippen molar-refractivity contribution < 1.29 is 32.2 Å². The number of carbonyl (C=O) groups is 2. The first-order chi connectivity index (χ1) is 14.6. The van der Waals surface area contributed by atoms with E-state index in [1.807, 2.05) is 6.92 Å². The molecule has 0 aromatic heterocycles. The van der Waals surface area contributed by atoms with Crippen LogP contribution in [0, 0.1) is 11.8 Å². The highest BCUT2D eigenvalue weighted by Gasteiger charge is 2.41. The third-order valence-electron chi connectivity index (χ3n) is 6.30. The molecule has 0 saturated carbocycles. The second kappa shape index (κ2) is 8.50. The van der Waals surface area contributed by atoms with E-state index in [1.54, 1.807) is 9.80 Å². The van der Waals surface area contributed by atoms with Crippen molar-refractivity contribution >= 4 is 23.4 Å². The first-order valence-electron chi connectivity index (χ1n) is 10.3. The van der Waals surface area contributed by atoms with Gasteiger partial charge in [-0.05, 0) is 31.5 Å². The maximum Gasteiger partial charge on any atom is 0.416 e. The number of Topliss-reactive ketones (excluding diaryl/α,β-unsaturated/α-hetero) is 1. The summed E-state index contributed by atoms with van der Waals surface area (Å²) in [5.41, 5.74) is -0.827. The molecule has 1 unspecified atom stereocenters. The van der Waals surface area contributed by atoms with Gasteiger partial charge < -0.3 is 19.3 Å². The van der Waals surface area contributed by atoms with Crippen LogP contribution in [0.2, 0.25) is 5.02 Å². The third-order valence-corrected chi connectivity index (χ3v) is 6.59. The van der Waals surface area contributed by atoms with Crippen molar-refractivity contribution in [3.8, 4) is 5.75 Å². The van der Waals surface area contributed by atoms with Crippen molar-refractivity contribution in [2.75, 3.05) is 32.8 Å². The van der Waals surface area contributed by atoms with Gasteiger partial charge >= 0.3 is 12.2 Å². The van der Waals surface area contributed by atoms with Gasteiger partial charge in [0.25, 0.3) is 0 Å². The minimum Gasteiger partial charge on any atom is -0.489 e. The van der Waals surface area contributed by atoms with Crippen molar-refractivity contribution in [1.82, 2.24) is 9.80 Å². The molecule has 1 aromatic rings. The van der Waals surface area contributed by atoms with Crippen LogP contribution < -0.4 is 4.74 Å². The fourth-order valence-electron chi connectivity index (χ4n) is 4.39. The molecule has 0 radical (unpaired) electrons. The van der Waals surface area contributed by atoms with Gasteiger partial charge in [0.05, 0.1) is 16.7 Å². The van der Waals surface area contributed by atoms with Crippen LogP contribution in [0.1, 0.15) is 25.3 Å². The van der Waals surface area contributed by atoms with Crippen molar-refractivity contribution in [2.24, 2.45) is 11.8 Å². The summed E-state index contributed by atoms with van der Waals surface area (Å²) in [6, 6.07) is 2.95. The van der Waals surface area contributed by atoms with Crippen molar-refractivity contribution in [2.45, 2.75) is 38.1 Å². The molecule has 0 N–H and O–H groups in total. The summed E-state index contributed by atoms with van der Waals surface area (Å²) in [4.78, 5) is 27.9. The average molecular weight is 461 g/mol. The van der Waals surface area contributed by atoms with Gasteiger partial charge in [-0.1, -0.05) is 11.6 Å². The lowest BCUT2D eigenvalue weighted by Gasteiger charge is -2.47. The number of halogens is 4. The van der Waals surface area contributed by atoms with E-state index in [0.29, 0.717) is 32.6 Å². The molecule has 3 atom stereocenters. The Hall–Kier alpha value is -2.00. The third kappa shape index (κ3) is 4.77. The number of piperidine rings is 1. The Balaban J connectivity index is 1.28. The monoisotopic (exact) mass is 460 g/mol. The molecule has 3 fully saturated rings. The summed E-state index contributed by atoms with van der Waals surface area (Å²) in [6.07, 6.45) is -3.54. The van der Waals surface area contributed by atoms with Crippen LogP contribution in [0.4, 0.5) is 18.0 Å². The lowest BCUT2D eigenvalue weighted by Crippen LogP contribution is -2.60. The van der Waals surface area contributed by atoms with Crippen LogP contribution in [0.3, 0.4) is 0 Å². The molecular formula is C21H24ClF3N2O4. The number of urea groups is 1. The molecule has 0 aliphatic carbocycles. The van der Waals surface area contributed by atoms with E-state index in [-0.39, 0.29) is 53.2 Å². The highest BCUT2D eigenvalue weighted by Crippen LogP contribution is 2.36. The standard InChI is InChI=1S/C21H24ClF3N2O4/c1-12(31-19-3-2-15(7-17(19)22)21(23,24)25)14-9-27(10-14)20(29)26-5-4-18-13(8-26)6-16(28)11-30-18/h2-3,7,12-14,18H,4-6,8-11H2,1H3/t12?,13-,18+/m0/s1. The maximum atomic E-state index is 12.8. The summed E-state index contributed by atoms with van der Waals surface area (Å²) in [5, 5.41) is -0.0963. The normalized spacial score (nSPS) is 25.6. The zero-order valence-corrected chi connectivity index (χ0v) is 17.8. The second-order valence-corrected chi connectivity index (χ2v) is 8.91. The van der Waals surface area contributed by atoms with Crippen molar-refractivity contribution in [3.05, 3.63) is 28.8 Å². The first kappa shape index (κ1) is 22.2. The summed E-state index contributed by atoms with van der Waals surface area (Å²) in [7, 11) is 0. The highest BCUT2D eigenvalue weighted by molar-refractivity contribution is 6.32. The van der Waals surface area contributed by atoms with E-state index in [2.05, 4.69) is 0 Å². The predicted octanol–water partition coefficient (Wildman–Crippen LogP) is 3.86. The molecule has 0 spiro atoms. The lowest BCUT2D eigenvalue weighted by molar-refractivity contribution is -0.140. The Labute approximate surface area is 183 Å². The van der Waals surface area contributed by atoms with Crippen LogP contribution in [-0.2, 0) is 15.7 Å². The van der Waals surface area contributed by atoms with E-state index in [9.17, 15) is 22.8 Å². The minimum atomic E-state index is -4.46. The van der Waals surface area contributed by atoms with Crippen LogP contribution in [0.25, 0.3) is 0 Å². The van der Waals surface area contributed by atoms with Gasteiger partial charge in [-0.3, -0.25) is 4.79 Å². The lowest BCUT2D eigenvalue weighted by atomic mass is 9.88. The molecule has 3 heterocycles. The number of ketones is 1. The molecule has 3 saturated heterocycles. The number of fused-ring (bicyclic) bond motifs is 1. The maximum absolute atomic E-state index is 12.8. The van der Waals surface area contributed by atoms with Gasteiger partial charge in [-0.15, -0.1) is 0 Å². The number of nitrogens with zero attached hydrogens (tertiary/aromatic N) is 2. The Bertz CT molecular complexity index is 860. The smallest absolute Gasteiger partial charge is 0.416 e. The zero-order valence-electron chi connectivity index (χ0n) is 17.0. The number of carbonyl (C=O) groups excluding carboxylic acids is 2. The zero-order chi connectivity index (χ0) is 22.3. The molecule has 1 aromatic carbocycles. The van der Waals surface area contributed by atoms with Crippen molar-refractivity contribution in [3.63, 3.8) is 0 Å². The molecule has 31 heavy (non-hydrogen) atoms. The molecule has 3 aliphatic heterocycles. The number of benzene rings is 1. The van der Waals surface area contributed by atoms with Gasteiger partial charge in [0, 0.05) is 44.4 Å². The van der Waals surface area contributed by atoms with Gasteiger partial charge in [0.15, 0.2) is 5.78 Å². The Morgan fingerprint density at radius 2 is 2.00 bits per heavy atom. The van der Waals surface area contributed by atoms with Crippen LogP contribution in [0.15, 0.2) is 18.2 Å². The van der Waals surface area contributed by atoms with E-state index < -0.39 is 11.7 Å². The highest BCUT2D eigenvalue weighted by atomic mass is 35.5. The molecule has 170 valence electrons. The number of ether oxygens (including phenoxy) is 2. The number of rotatable bonds is 3. The van der Waals surface area contributed by atoms with Gasteiger partial charge in [-0.2, -0.15) is 13.2 Å². The summed E-state index contributed by atoms with van der Waals surface area (Å²) < 4.78 is 49.7. The number of hydrogen-bond acceptors (Lipinski definition) is 4. The number of hydrogen-bond donors (Lipinski definition) is 0. The quantitative estimate of drug-likeness (QED) is 0.687. The Morgan fingerprint density at radius 1 is 1.26 bits per heavy atom. The van der Waals surface area contributed by atoms with E-state index in [4.69, 9.17) is 21.1 Å². The minimum absolute atomic E-state index is 0.0489. The average Bonchev–Trinajstić information content (AvgIpc) is 2.66. The predicted molar refractivity (Wildman–Crippen MR) is 106 cm³/mol. The summed E-state index contributed by atoms with van der Waals surface area (Å²) >= 11 is 5.96. The first-order valence-corrected chi connectivity index (χ1v) is 10.7. The van der Waals surface area contributed by atoms with Gasteiger partial charge in [-0.25, -0.2) is 4.79 Å². The molecule has 3 aliphatic rings. The largest absolute Gasteiger partial charge is 0.489 e. The molecule has 4 rings (SSSR count). The van der Waals surface area contributed by atoms with Crippen LogP contribution in [0.5, 0.6) is 5.75 Å². The molecule has 0 bridgehead atoms. The summed E-state index contributed by atoms with van der Waals surface area (Å²) in [6.45, 7) is 4.10. The topological polar surface area (TPSA) is 59.1 Å². The fourth-order valence-corrected chi connectivity index (χ4v) is 4.61. The Morgan fingerprint density at radius 3 is 2.68 bits per heavy atom. The fraction of sp³-hybridized carbons (Fsp3) is 0.619. The second-order valence-electron chi connectivity index (χ2n) is 8.50. The van der Waals surface area contributed by atoms with Crippen molar-refractivity contribution in [1.29, 1.82) is 0 Å². The van der Waals surface area contributed by atoms with Crippen LogP contribution >= 0.6 is 11.6 Å².